The number of aryl methyl sites for hydroxylation is 1. The maximum atomic E-state index is 12.1. The zero-order valence-corrected chi connectivity index (χ0v) is 10.6. The first kappa shape index (κ1) is 12.5. The van der Waals surface area contributed by atoms with Crippen molar-refractivity contribution >= 4 is 10.0 Å². The standard InChI is InChI=1S/C12H17NO3S/c1-10-4-2-5-11(8-10)17(15,16)13-12(9-14)6-3-7-12/h2,4-5,8,13-14H,3,6-7,9H2,1H3. The summed E-state index contributed by atoms with van der Waals surface area (Å²) in [6.45, 7) is 1.71. The Hall–Kier alpha value is -0.910. The number of benzene rings is 1. The monoisotopic (exact) mass is 255 g/mol. The van der Waals surface area contributed by atoms with E-state index in [4.69, 9.17) is 0 Å². The van der Waals surface area contributed by atoms with Crippen LogP contribution in [0.3, 0.4) is 0 Å². The molecule has 4 nitrogen and oxygen atoms in total. The van der Waals surface area contributed by atoms with E-state index in [9.17, 15) is 13.5 Å². The zero-order valence-electron chi connectivity index (χ0n) is 9.81. The fourth-order valence-corrected chi connectivity index (χ4v) is 3.58. The predicted molar refractivity (Wildman–Crippen MR) is 65.2 cm³/mol. The van der Waals surface area contributed by atoms with Gasteiger partial charge in [-0.25, -0.2) is 13.1 Å². The highest BCUT2D eigenvalue weighted by Crippen LogP contribution is 2.32. The fraction of sp³-hybridized carbons (Fsp3) is 0.500. The van der Waals surface area contributed by atoms with Crippen LogP contribution in [0.15, 0.2) is 29.2 Å². The molecule has 94 valence electrons. The van der Waals surface area contributed by atoms with Crippen LogP contribution in [-0.2, 0) is 10.0 Å². The number of aliphatic hydroxyl groups is 1. The third kappa shape index (κ3) is 2.51. The number of aliphatic hydroxyl groups excluding tert-OH is 1. The SMILES string of the molecule is Cc1cccc(S(=O)(=O)NC2(CO)CCC2)c1. The Morgan fingerprint density at radius 3 is 2.59 bits per heavy atom. The predicted octanol–water partition coefficient (Wildman–Crippen LogP) is 1.19. The first-order valence-corrected chi connectivity index (χ1v) is 7.17. The van der Waals surface area contributed by atoms with E-state index in [1.165, 1.54) is 0 Å². The summed E-state index contributed by atoms with van der Waals surface area (Å²) < 4.78 is 26.9. The second-order valence-corrected chi connectivity index (χ2v) is 6.40. The highest BCUT2D eigenvalue weighted by Gasteiger charge is 2.40. The molecule has 0 aliphatic heterocycles. The van der Waals surface area contributed by atoms with E-state index in [2.05, 4.69) is 4.72 Å². The van der Waals surface area contributed by atoms with Crippen molar-refractivity contribution in [2.75, 3.05) is 6.61 Å². The first-order chi connectivity index (χ1) is 7.97. The van der Waals surface area contributed by atoms with Crippen LogP contribution in [0, 0.1) is 6.92 Å². The number of hydrogen-bond donors (Lipinski definition) is 2. The van der Waals surface area contributed by atoms with Gasteiger partial charge in [-0.15, -0.1) is 0 Å². The van der Waals surface area contributed by atoms with Gasteiger partial charge in [0, 0.05) is 0 Å². The molecule has 0 unspecified atom stereocenters. The molecule has 1 aliphatic rings. The molecule has 1 aromatic carbocycles. The summed E-state index contributed by atoms with van der Waals surface area (Å²) in [6.07, 6.45) is 2.36. The Morgan fingerprint density at radius 2 is 2.12 bits per heavy atom. The summed E-state index contributed by atoms with van der Waals surface area (Å²) in [4.78, 5) is 0.261. The molecule has 2 rings (SSSR count). The van der Waals surface area contributed by atoms with Gasteiger partial charge in [0.25, 0.3) is 0 Å². The van der Waals surface area contributed by atoms with Gasteiger partial charge in [0.05, 0.1) is 17.0 Å². The Kier molecular flexibility index (Phi) is 3.25. The van der Waals surface area contributed by atoms with Crippen molar-refractivity contribution in [1.29, 1.82) is 0 Å². The van der Waals surface area contributed by atoms with Crippen LogP contribution in [0.5, 0.6) is 0 Å². The number of rotatable bonds is 4. The van der Waals surface area contributed by atoms with Gasteiger partial charge in [-0.2, -0.15) is 0 Å². The van der Waals surface area contributed by atoms with E-state index < -0.39 is 15.6 Å². The second kappa shape index (κ2) is 4.40. The Balaban J connectivity index is 2.25. The highest BCUT2D eigenvalue weighted by atomic mass is 32.2. The quantitative estimate of drug-likeness (QED) is 0.849. The summed E-state index contributed by atoms with van der Waals surface area (Å²) in [5.74, 6) is 0. The molecule has 1 saturated carbocycles. The molecule has 0 spiro atoms. The molecule has 1 aromatic rings. The van der Waals surface area contributed by atoms with Gasteiger partial charge in [-0.05, 0) is 43.9 Å². The Bertz CT molecular complexity index is 501. The van der Waals surface area contributed by atoms with E-state index in [0.29, 0.717) is 12.8 Å². The normalized spacial score (nSPS) is 18.7. The average Bonchev–Trinajstić information content (AvgIpc) is 2.24. The van der Waals surface area contributed by atoms with E-state index in [1.807, 2.05) is 13.0 Å². The molecule has 0 amide bonds. The molecule has 0 heterocycles. The van der Waals surface area contributed by atoms with Crippen molar-refractivity contribution in [3.63, 3.8) is 0 Å². The van der Waals surface area contributed by atoms with Crippen molar-refractivity contribution in [3.8, 4) is 0 Å². The van der Waals surface area contributed by atoms with Crippen LogP contribution in [-0.4, -0.2) is 25.7 Å². The van der Waals surface area contributed by atoms with Gasteiger partial charge in [-0.3, -0.25) is 0 Å². The Labute approximate surface area is 102 Å². The molecular weight excluding hydrogens is 238 g/mol. The maximum Gasteiger partial charge on any atom is 0.241 e. The average molecular weight is 255 g/mol. The molecule has 1 fully saturated rings. The molecule has 1 aliphatic carbocycles. The van der Waals surface area contributed by atoms with Crippen molar-refractivity contribution in [1.82, 2.24) is 4.72 Å². The third-order valence-electron chi connectivity index (χ3n) is 3.26. The van der Waals surface area contributed by atoms with Crippen molar-refractivity contribution < 1.29 is 13.5 Å². The van der Waals surface area contributed by atoms with Gasteiger partial charge in [0.1, 0.15) is 0 Å². The molecule has 5 heteroatoms. The number of hydrogen-bond acceptors (Lipinski definition) is 3. The first-order valence-electron chi connectivity index (χ1n) is 5.69. The zero-order chi connectivity index (χ0) is 12.5. The summed E-state index contributed by atoms with van der Waals surface area (Å²) in [5.41, 5.74) is 0.266. The minimum absolute atomic E-state index is 0.141. The molecule has 17 heavy (non-hydrogen) atoms. The van der Waals surface area contributed by atoms with Crippen LogP contribution >= 0.6 is 0 Å². The molecule has 0 radical (unpaired) electrons. The van der Waals surface area contributed by atoms with E-state index in [-0.39, 0.29) is 11.5 Å². The van der Waals surface area contributed by atoms with Crippen LogP contribution in [0.1, 0.15) is 24.8 Å². The summed E-state index contributed by atoms with van der Waals surface area (Å²) in [6, 6.07) is 6.77. The van der Waals surface area contributed by atoms with Crippen molar-refractivity contribution in [3.05, 3.63) is 29.8 Å². The van der Waals surface area contributed by atoms with E-state index in [1.54, 1.807) is 18.2 Å². The summed E-state index contributed by atoms with van der Waals surface area (Å²) in [5, 5.41) is 9.27. The van der Waals surface area contributed by atoms with Crippen molar-refractivity contribution in [2.45, 2.75) is 36.6 Å². The summed E-state index contributed by atoms with van der Waals surface area (Å²) >= 11 is 0. The number of nitrogens with one attached hydrogen (secondary N) is 1. The van der Waals surface area contributed by atoms with Crippen LogP contribution in [0.25, 0.3) is 0 Å². The van der Waals surface area contributed by atoms with Crippen LogP contribution in [0.4, 0.5) is 0 Å². The van der Waals surface area contributed by atoms with Gasteiger partial charge in [0.2, 0.25) is 10.0 Å². The molecule has 0 saturated heterocycles. The van der Waals surface area contributed by atoms with Crippen LogP contribution < -0.4 is 4.72 Å². The van der Waals surface area contributed by atoms with Gasteiger partial charge in [0.15, 0.2) is 0 Å². The van der Waals surface area contributed by atoms with Gasteiger partial charge < -0.3 is 5.11 Å². The lowest BCUT2D eigenvalue weighted by molar-refractivity contribution is 0.110. The number of sulfonamides is 1. The molecule has 0 aromatic heterocycles. The van der Waals surface area contributed by atoms with E-state index >= 15 is 0 Å². The molecule has 0 bridgehead atoms. The molecule has 2 N–H and O–H groups in total. The molecular formula is C12H17NO3S. The lowest BCUT2D eigenvalue weighted by Crippen LogP contribution is -2.55. The second-order valence-electron chi connectivity index (χ2n) is 4.71. The minimum atomic E-state index is -3.52. The lowest BCUT2D eigenvalue weighted by atomic mass is 9.78. The maximum absolute atomic E-state index is 12.1. The topological polar surface area (TPSA) is 66.4 Å². The third-order valence-corrected chi connectivity index (χ3v) is 4.84. The van der Waals surface area contributed by atoms with Crippen molar-refractivity contribution in [2.24, 2.45) is 0 Å². The van der Waals surface area contributed by atoms with Gasteiger partial charge in [-0.1, -0.05) is 12.1 Å². The largest absolute Gasteiger partial charge is 0.394 e. The minimum Gasteiger partial charge on any atom is -0.394 e. The van der Waals surface area contributed by atoms with Gasteiger partial charge >= 0.3 is 0 Å². The molecule has 0 atom stereocenters. The highest BCUT2D eigenvalue weighted by molar-refractivity contribution is 7.89. The van der Waals surface area contributed by atoms with E-state index in [0.717, 1.165) is 12.0 Å². The lowest BCUT2D eigenvalue weighted by Gasteiger charge is -2.40. The Morgan fingerprint density at radius 1 is 1.41 bits per heavy atom. The van der Waals surface area contributed by atoms with Crippen LogP contribution in [0.2, 0.25) is 0 Å². The fourth-order valence-electron chi connectivity index (χ4n) is 2.02. The smallest absolute Gasteiger partial charge is 0.241 e. The summed E-state index contributed by atoms with van der Waals surface area (Å²) in [7, 11) is -3.52.